The van der Waals surface area contributed by atoms with Crippen LogP contribution in [0.4, 0.5) is 0 Å². The molecule has 4 heterocycles. The van der Waals surface area contributed by atoms with E-state index in [4.69, 9.17) is 37.9 Å². The van der Waals surface area contributed by atoms with E-state index in [2.05, 4.69) is 5.32 Å². The van der Waals surface area contributed by atoms with Gasteiger partial charge in [0.1, 0.15) is 41.5 Å². The number of nitrogens with zero attached hydrogens (tertiary/aromatic N) is 3. The highest BCUT2D eigenvalue weighted by atomic mass is 16.7. The molecule has 3 saturated heterocycles. The largest absolute Gasteiger partial charge is 0.492 e. The maximum Gasteiger partial charge on any atom is 0.341 e. The molecule has 2 aromatic rings. The van der Waals surface area contributed by atoms with E-state index in [1.54, 1.807) is 62.8 Å². The van der Waals surface area contributed by atoms with Crippen molar-refractivity contribution in [1.82, 2.24) is 14.9 Å². The van der Waals surface area contributed by atoms with Crippen LogP contribution < -0.4 is 20.5 Å². The van der Waals surface area contributed by atoms with E-state index in [1.165, 1.54) is 20.2 Å². The molecule has 20 nitrogen and oxygen atoms in total. The summed E-state index contributed by atoms with van der Waals surface area (Å²) in [5.41, 5.74) is -3.59. The van der Waals surface area contributed by atoms with Crippen molar-refractivity contribution in [2.24, 2.45) is 23.7 Å². The van der Waals surface area contributed by atoms with Crippen LogP contribution in [-0.2, 0) is 42.7 Å². The van der Waals surface area contributed by atoms with E-state index in [0.29, 0.717) is 50.4 Å². The minimum Gasteiger partial charge on any atom is -0.492 e. The van der Waals surface area contributed by atoms with E-state index < -0.39 is 95.5 Å². The number of Topliss-reactive ketones (excluding diaryl/α,β-unsaturated/α-hetero) is 1. The number of carboxylic acid groups (broad SMARTS) is 1. The molecule has 0 spiro atoms. The zero-order valence-corrected chi connectivity index (χ0v) is 44.9. The Labute approximate surface area is 424 Å². The zero-order chi connectivity index (χ0) is 53.6. The Morgan fingerprint density at radius 3 is 2.22 bits per heavy atom. The van der Waals surface area contributed by atoms with Gasteiger partial charge >= 0.3 is 11.9 Å². The normalized spacial score (nSPS) is 36.5. The first kappa shape index (κ1) is 59.1. The Balaban J connectivity index is 1.30. The number of aliphatic hydroxyl groups excluding tert-OH is 2. The number of esters is 1. The van der Waals surface area contributed by atoms with Crippen molar-refractivity contribution < 1.29 is 72.7 Å². The SMILES string of the molecule is CC[C@H]1OC(=O)[C@H](C)[C@@H](O[C@H]2CC(C)[C@@H](OCCNCCOc3ccc4c(=O)c(C(=O)O)cn(N(C)C)c4c3)[C@H](C)O2)[C@H](C)C(O[C@@H]2O[C@H](C)C[C@H](N(C)C)[C@H]2O)[C@](C)(OC)CCC(=O)[C@H](C)[C@@H](O)[C@]1(C)O. The van der Waals surface area contributed by atoms with Gasteiger partial charge in [-0.25, -0.2) is 4.79 Å². The first-order valence-corrected chi connectivity index (χ1v) is 25.5. The topological polar surface area (TPSA) is 246 Å². The van der Waals surface area contributed by atoms with E-state index in [-0.39, 0.29) is 60.2 Å². The molecule has 1 aromatic heterocycles. The number of likely N-dealkylation sites (N-methyl/N-ethyl adjacent to an activating group) is 1. The van der Waals surface area contributed by atoms with Gasteiger partial charge in [0, 0.05) is 82.7 Å². The Kier molecular flexibility index (Phi) is 20.6. The average Bonchev–Trinajstić information content (AvgIpc) is 3.32. The summed E-state index contributed by atoms with van der Waals surface area (Å²) in [5, 5.41) is 49.7. The van der Waals surface area contributed by atoms with Crippen LogP contribution in [0.3, 0.4) is 0 Å². The quantitative estimate of drug-likeness (QED) is 0.113. The Morgan fingerprint density at radius 2 is 1.61 bits per heavy atom. The summed E-state index contributed by atoms with van der Waals surface area (Å²) < 4.78 is 52.9. The summed E-state index contributed by atoms with van der Waals surface area (Å²) in [7, 11) is 8.76. The minimum absolute atomic E-state index is 0.0494. The number of ketones is 1. The highest BCUT2D eigenvalue weighted by Gasteiger charge is 2.52. The lowest BCUT2D eigenvalue weighted by atomic mass is 9.76. The zero-order valence-electron chi connectivity index (χ0n) is 44.9. The number of rotatable bonds is 17. The molecule has 408 valence electrons. The number of methoxy groups -OCH3 is 1. The van der Waals surface area contributed by atoms with Crippen molar-refractivity contribution in [3.63, 3.8) is 0 Å². The number of carbonyl (C=O) groups excluding carboxylic acids is 2. The number of fused-ring (bicyclic) bond motifs is 1. The van der Waals surface area contributed by atoms with Crippen molar-refractivity contribution in [1.29, 1.82) is 0 Å². The molecule has 5 rings (SSSR count). The van der Waals surface area contributed by atoms with E-state index >= 15 is 0 Å². The van der Waals surface area contributed by atoms with Crippen LogP contribution in [-0.4, -0.2) is 188 Å². The van der Waals surface area contributed by atoms with Crippen molar-refractivity contribution >= 4 is 28.6 Å². The lowest BCUT2D eigenvalue weighted by molar-refractivity contribution is -0.311. The molecule has 1 aromatic carbocycles. The predicted molar refractivity (Wildman–Crippen MR) is 268 cm³/mol. The lowest BCUT2D eigenvalue weighted by Crippen LogP contribution is -2.60. The van der Waals surface area contributed by atoms with Gasteiger partial charge in [0.2, 0.25) is 5.43 Å². The van der Waals surface area contributed by atoms with Gasteiger partial charge in [-0.15, -0.1) is 0 Å². The number of ether oxygens (including phenoxy) is 8. The second-order valence-electron chi connectivity index (χ2n) is 21.1. The predicted octanol–water partition coefficient (Wildman–Crippen LogP) is 3.33. The van der Waals surface area contributed by atoms with Crippen molar-refractivity contribution in [3.8, 4) is 5.75 Å². The highest BCUT2D eigenvalue weighted by molar-refractivity contribution is 5.93. The van der Waals surface area contributed by atoms with Gasteiger partial charge in [0.15, 0.2) is 12.6 Å². The molecule has 0 amide bonds. The van der Waals surface area contributed by atoms with Crippen LogP contribution in [0, 0.1) is 23.7 Å². The molecule has 17 atom stereocenters. The fraction of sp³-hybridized carbons (Fsp3) is 0.769. The Morgan fingerprint density at radius 1 is 0.931 bits per heavy atom. The molecule has 3 aliphatic heterocycles. The minimum atomic E-state index is -1.97. The summed E-state index contributed by atoms with van der Waals surface area (Å²) in [6.45, 7) is 17.5. The fourth-order valence-corrected chi connectivity index (χ4v) is 10.7. The number of carboxylic acids is 1. The van der Waals surface area contributed by atoms with Crippen LogP contribution >= 0.6 is 0 Å². The third-order valence-corrected chi connectivity index (χ3v) is 15.2. The van der Waals surface area contributed by atoms with Gasteiger partial charge < -0.3 is 73.5 Å². The highest BCUT2D eigenvalue weighted by Crippen LogP contribution is 2.40. The first-order valence-electron chi connectivity index (χ1n) is 25.5. The van der Waals surface area contributed by atoms with Crippen LogP contribution in [0.5, 0.6) is 5.75 Å². The molecule has 2 unspecified atom stereocenters. The monoisotopic (exact) mass is 1020 g/mol. The van der Waals surface area contributed by atoms with E-state index in [0.717, 1.165) is 0 Å². The number of aromatic nitrogens is 1. The van der Waals surface area contributed by atoms with Crippen LogP contribution in [0.1, 0.15) is 105 Å². The third-order valence-electron chi connectivity index (χ3n) is 15.2. The number of pyridine rings is 1. The van der Waals surface area contributed by atoms with Crippen LogP contribution in [0.25, 0.3) is 10.9 Å². The first-order chi connectivity index (χ1) is 33.8. The maximum absolute atomic E-state index is 14.4. The molecule has 0 radical (unpaired) electrons. The second kappa shape index (κ2) is 25.2. The summed E-state index contributed by atoms with van der Waals surface area (Å²) in [6.07, 6.45) is -6.17. The molecule has 3 aliphatic rings. The summed E-state index contributed by atoms with van der Waals surface area (Å²) in [4.78, 5) is 54.7. The van der Waals surface area contributed by atoms with Gasteiger partial charge in [-0.3, -0.25) is 19.1 Å². The van der Waals surface area contributed by atoms with Crippen molar-refractivity contribution in [2.75, 3.05) is 66.6 Å². The third kappa shape index (κ3) is 13.5. The molecule has 3 fully saturated rings. The number of hydrogen-bond acceptors (Lipinski definition) is 18. The second-order valence-corrected chi connectivity index (χ2v) is 21.1. The van der Waals surface area contributed by atoms with Gasteiger partial charge in [-0.05, 0) is 86.0 Å². The van der Waals surface area contributed by atoms with Crippen molar-refractivity contribution in [3.05, 3.63) is 40.2 Å². The number of nitrogens with one attached hydrogen (secondary N) is 1. The molecule has 20 heteroatoms. The molecule has 0 saturated carbocycles. The number of cyclic esters (lactones) is 1. The van der Waals surface area contributed by atoms with Crippen LogP contribution in [0.15, 0.2) is 29.2 Å². The average molecular weight is 1020 g/mol. The number of aromatic carboxylic acids is 1. The lowest BCUT2D eigenvalue weighted by Gasteiger charge is -2.48. The molecule has 0 aliphatic carbocycles. The standard InChI is InChI=1S/C52H84N4O16/c1-15-40-52(9,64)46(60)30(4)39(57)18-19-51(8,65-14)47(72-50-43(59)38(54(10)11)25-29(3)68-50)31(5)45(32(6)49(63)70-40)71-41-24-28(2)44(33(7)69-41)67-23-21-53-20-22-66-34-16-17-35-37(26-34)56(55(12)13)27-36(42(35)58)48(61)62/h16-17,26-33,38,40-41,43-47,50,53,59-60,64H,15,18-25H2,1-14H3,(H,61,62)/t28?,29-,30+,31+,32-,33+,38+,40-,41+,43-,44-,45+,46-,47?,50+,51-,52-/m1/s1. The number of carbonyl (C=O) groups is 3. The molecular formula is C52H84N4O16. The van der Waals surface area contributed by atoms with E-state index in [9.17, 15) is 39.6 Å². The van der Waals surface area contributed by atoms with Gasteiger partial charge in [0.25, 0.3) is 0 Å². The van der Waals surface area contributed by atoms with Gasteiger partial charge in [-0.2, -0.15) is 0 Å². The summed E-state index contributed by atoms with van der Waals surface area (Å²) in [6, 6.07) is 4.62. The molecule has 5 N–H and O–H groups in total. The number of hydrogen-bond donors (Lipinski definition) is 5. The summed E-state index contributed by atoms with van der Waals surface area (Å²) >= 11 is 0. The Hall–Kier alpha value is -3.80. The van der Waals surface area contributed by atoms with Crippen LogP contribution in [0.2, 0.25) is 0 Å². The Bertz CT molecular complexity index is 2180. The summed E-state index contributed by atoms with van der Waals surface area (Å²) in [5.74, 6) is -4.57. The fourth-order valence-electron chi connectivity index (χ4n) is 10.7. The molecular weight excluding hydrogens is 937 g/mol. The smallest absolute Gasteiger partial charge is 0.341 e. The number of benzene rings is 1. The van der Waals surface area contributed by atoms with Gasteiger partial charge in [0.05, 0.1) is 60.3 Å². The maximum atomic E-state index is 14.4. The molecule has 72 heavy (non-hydrogen) atoms. The van der Waals surface area contributed by atoms with Gasteiger partial charge in [-0.1, -0.05) is 27.7 Å². The number of aliphatic hydroxyl groups is 3. The van der Waals surface area contributed by atoms with Crippen molar-refractivity contribution in [2.45, 2.75) is 173 Å². The molecule has 0 bridgehead atoms. The van der Waals surface area contributed by atoms with E-state index in [1.807, 2.05) is 53.6 Å².